The highest BCUT2D eigenvalue weighted by Crippen LogP contribution is 2.32. The molecule has 28 heavy (non-hydrogen) atoms. The summed E-state index contributed by atoms with van der Waals surface area (Å²) in [6, 6.07) is 14.5. The molecule has 1 aliphatic rings. The number of nitrogens with zero attached hydrogens (tertiary/aromatic N) is 2. The van der Waals surface area contributed by atoms with Crippen LogP contribution < -0.4 is 10.6 Å². The van der Waals surface area contributed by atoms with Crippen molar-refractivity contribution < 1.29 is 14.7 Å². The molecule has 1 aromatic heterocycles. The van der Waals surface area contributed by atoms with Crippen molar-refractivity contribution in [2.24, 2.45) is 4.99 Å². The number of amides is 2. The van der Waals surface area contributed by atoms with Crippen LogP contribution in [0.1, 0.15) is 11.1 Å². The molecule has 0 atom stereocenters. The minimum atomic E-state index is -0.479. The maximum atomic E-state index is 12.6. The second-order valence-electron chi connectivity index (χ2n) is 6.44. The molecule has 0 fully saturated rings. The molecule has 0 unspecified atom stereocenters. The van der Waals surface area contributed by atoms with E-state index in [1.54, 1.807) is 30.3 Å². The number of carbonyl (C=O) groups excluding carboxylic acids is 2. The van der Waals surface area contributed by atoms with Crippen LogP contribution in [0.4, 0.5) is 5.69 Å². The summed E-state index contributed by atoms with van der Waals surface area (Å²) in [7, 11) is 0. The van der Waals surface area contributed by atoms with Crippen LogP contribution in [0.25, 0.3) is 10.9 Å². The number of benzene rings is 2. The molecular formula is C20H16N4O3S. The Bertz CT molecular complexity index is 1180. The van der Waals surface area contributed by atoms with Gasteiger partial charge in [0.25, 0.3) is 5.91 Å². The van der Waals surface area contributed by atoms with Gasteiger partial charge in [0.2, 0.25) is 16.9 Å². The Hall–Kier alpha value is -3.52. The van der Waals surface area contributed by atoms with Gasteiger partial charge in [-0.1, -0.05) is 30.3 Å². The number of fused-ring (bicyclic) bond motifs is 1. The summed E-state index contributed by atoms with van der Waals surface area (Å²) >= 11 is 4.93. The number of nitrogens with one attached hydrogen (secondary N) is 2. The number of carbonyl (C=O) groups is 2. The highest BCUT2D eigenvalue weighted by atomic mass is 32.1. The van der Waals surface area contributed by atoms with Crippen molar-refractivity contribution in [2.45, 2.75) is 13.5 Å². The van der Waals surface area contributed by atoms with E-state index < -0.39 is 5.91 Å². The maximum Gasteiger partial charge on any atom is 0.277 e. The van der Waals surface area contributed by atoms with Crippen molar-refractivity contribution >= 4 is 51.4 Å². The topological polar surface area (TPSA) is 95.7 Å². The average molecular weight is 392 g/mol. The van der Waals surface area contributed by atoms with Gasteiger partial charge in [0.05, 0.1) is 11.1 Å². The fourth-order valence-corrected chi connectivity index (χ4v) is 3.44. The monoisotopic (exact) mass is 392 g/mol. The van der Waals surface area contributed by atoms with Gasteiger partial charge in [-0.25, -0.2) is 4.99 Å². The Labute approximate surface area is 165 Å². The molecule has 0 aliphatic carbocycles. The summed E-state index contributed by atoms with van der Waals surface area (Å²) in [4.78, 5) is 28.8. The van der Waals surface area contributed by atoms with Crippen molar-refractivity contribution in [3.05, 3.63) is 59.7 Å². The molecule has 140 valence electrons. The highest BCUT2D eigenvalue weighted by Gasteiger charge is 2.30. The summed E-state index contributed by atoms with van der Waals surface area (Å²) in [6.07, 6.45) is 0. The van der Waals surface area contributed by atoms with Crippen LogP contribution in [0.2, 0.25) is 0 Å². The van der Waals surface area contributed by atoms with Crippen LogP contribution >= 0.6 is 12.2 Å². The molecule has 3 aromatic rings. The largest absolute Gasteiger partial charge is 0.494 e. The zero-order chi connectivity index (χ0) is 19.8. The van der Waals surface area contributed by atoms with E-state index in [2.05, 4.69) is 15.6 Å². The van der Waals surface area contributed by atoms with E-state index in [0.29, 0.717) is 16.6 Å². The Morgan fingerprint density at radius 2 is 2.04 bits per heavy atom. The van der Waals surface area contributed by atoms with E-state index in [-0.39, 0.29) is 34.7 Å². The van der Waals surface area contributed by atoms with Crippen LogP contribution in [0.5, 0.6) is 5.88 Å². The van der Waals surface area contributed by atoms with Crippen LogP contribution in [0.3, 0.4) is 0 Å². The summed E-state index contributed by atoms with van der Waals surface area (Å²) in [5, 5.41) is 16.7. The minimum Gasteiger partial charge on any atom is -0.494 e. The lowest BCUT2D eigenvalue weighted by molar-refractivity contribution is -0.116. The number of aliphatic imine (C=N–C) groups is 1. The number of para-hydroxylation sites is 1. The predicted molar refractivity (Wildman–Crippen MR) is 111 cm³/mol. The predicted octanol–water partition coefficient (Wildman–Crippen LogP) is 2.50. The van der Waals surface area contributed by atoms with E-state index in [4.69, 9.17) is 12.2 Å². The molecule has 2 heterocycles. The maximum absolute atomic E-state index is 12.6. The average Bonchev–Trinajstić information content (AvgIpc) is 3.11. The van der Waals surface area contributed by atoms with E-state index >= 15 is 0 Å². The molecule has 4 rings (SSSR count). The zero-order valence-corrected chi connectivity index (χ0v) is 15.7. The summed E-state index contributed by atoms with van der Waals surface area (Å²) in [6.45, 7) is 1.81. The highest BCUT2D eigenvalue weighted by molar-refractivity contribution is 7.80. The minimum absolute atomic E-state index is 0.0385. The Morgan fingerprint density at radius 1 is 1.25 bits per heavy atom. The van der Waals surface area contributed by atoms with E-state index in [1.165, 1.54) is 4.57 Å². The number of rotatable bonds is 4. The lowest BCUT2D eigenvalue weighted by Crippen LogP contribution is -2.25. The van der Waals surface area contributed by atoms with Crippen LogP contribution in [-0.2, 0) is 16.1 Å². The molecule has 8 heteroatoms. The van der Waals surface area contributed by atoms with Crippen LogP contribution in [0.15, 0.2) is 53.5 Å². The van der Waals surface area contributed by atoms with Crippen molar-refractivity contribution in [3.63, 3.8) is 0 Å². The summed E-state index contributed by atoms with van der Waals surface area (Å²) < 4.78 is 1.45. The molecule has 3 N–H and O–H groups in total. The molecule has 0 saturated heterocycles. The number of aryl methyl sites for hydroxylation is 1. The molecule has 7 nitrogen and oxygen atoms in total. The molecule has 2 aromatic carbocycles. The number of aromatic nitrogens is 1. The van der Waals surface area contributed by atoms with Gasteiger partial charge in [-0.05, 0) is 42.9 Å². The normalized spacial score (nSPS) is 13.5. The van der Waals surface area contributed by atoms with E-state index in [9.17, 15) is 14.7 Å². The van der Waals surface area contributed by atoms with Gasteiger partial charge in [0.1, 0.15) is 12.3 Å². The van der Waals surface area contributed by atoms with Crippen molar-refractivity contribution in [1.82, 2.24) is 9.88 Å². The number of hydrogen-bond donors (Lipinski definition) is 3. The summed E-state index contributed by atoms with van der Waals surface area (Å²) in [5.41, 5.74) is 2.61. The molecule has 0 radical (unpaired) electrons. The third-order valence-electron chi connectivity index (χ3n) is 4.43. The van der Waals surface area contributed by atoms with Gasteiger partial charge in [-0.3, -0.25) is 14.9 Å². The first-order chi connectivity index (χ1) is 13.4. The zero-order valence-electron chi connectivity index (χ0n) is 14.9. The number of thiocarbonyl (C=S) groups is 1. The quantitative estimate of drug-likeness (QED) is 0.595. The first kappa shape index (κ1) is 17.9. The standard InChI is InChI=1S/C20H16N4O3S/c1-11-5-4-6-12(9-11)21-15(25)10-24-14-8-3-2-7-13(14)16(19(24)27)17-18(26)23-20(28)22-17/h2-9,27H,10H2,1H3,(H,21,25)(H,23,26,28). The van der Waals surface area contributed by atoms with Crippen molar-refractivity contribution in [2.75, 3.05) is 5.32 Å². The first-order valence-electron chi connectivity index (χ1n) is 8.55. The number of hydrogen-bond acceptors (Lipinski definition) is 4. The van der Waals surface area contributed by atoms with Crippen molar-refractivity contribution in [1.29, 1.82) is 0 Å². The van der Waals surface area contributed by atoms with Gasteiger partial charge < -0.3 is 15.0 Å². The van der Waals surface area contributed by atoms with Gasteiger partial charge in [-0.2, -0.15) is 0 Å². The van der Waals surface area contributed by atoms with Crippen molar-refractivity contribution in [3.8, 4) is 5.88 Å². The number of anilines is 1. The van der Waals surface area contributed by atoms with Gasteiger partial charge in [-0.15, -0.1) is 0 Å². The van der Waals surface area contributed by atoms with Gasteiger partial charge in [0, 0.05) is 11.1 Å². The first-order valence-corrected chi connectivity index (χ1v) is 8.96. The molecule has 0 spiro atoms. The van der Waals surface area contributed by atoms with Crippen LogP contribution in [-0.4, -0.2) is 32.3 Å². The smallest absolute Gasteiger partial charge is 0.277 e. The molecule has 2 amide bonds. The Morgan fingerprint density at radius 3 is 2.75 bits per heavy atom. The fourth-order valence-electron chi connectivity index (χ4n) is 3.26. The van der Waals surface area contributed by atoms with E-state index in [1.807, 2.05) is 25.1 Å². The lowest BCUT2D eigenvalue weighted by atomic mass is 10.1. The van der Waals surface area contributed by atoms with E-state index in [0.717, 1.165) is 5.56 Å². The SMILES string of the molecule is Cc1cccc(NC(=O)Cn2c(O)c(C3=NC(=S)NC3=O)c3ccccc32)c1. The van der Waals surface area contributed by atoms with Gasteiger partial charge in [0.15, 0.2) is 0 Å². The van der Waals surface area contributed by atoms with Gasteiger partial charge >= 0.3 is 0 Å². The lowest BCUT2D eigenvalue weighted by Gasteiger charge is -2.09. The Balaban J connectivity index is 1.73. The second-order valence-corrected chi connectivity index (χ2v) is 6.83. The molecule has 0 bridgehead atoms. The number of aromatic hydroxyl groups is 1. The summed E-state index contributed by atoms with van der Waals surface area (Å²) in [5.74, 6) is -0.992. The molecule has 1 aliphatic heterocycles. The third kappa shape index (κ3) is 3.14. The second kappa shape index (κ2) is 6.90. The third-order valence-corrected chi connectivity index (χ3v) is 4.63. The fraction of sp³-hybridized carbons (Fsp3) is 0.100. The van der Waals surface area contributed by atoms with Crippen LogP contribution in [0, 0.1) is 6.92 Å². The Kier molecular flexibility index (Phi) is 4.40. The molecule has 0 saturated carbocycles. The molecular weight excluding hydrogens is 376 g/mol.